The Morgan fingerprint density at radius 3 is 2.20 bits per heavy atom. The molecule has 1 heterocycles. The third-order valence-electron chi connectivity index (χ3n) is 4.84. The number of benzene rings is 3. The number of aryl methyl sites for hydroxylation is 1. The first-order valence-corrected chi connectivity index (χ1v) is 10.8. The number of carbonyl (C=O) groups excluding carboxylic acids is 1. The van der Waals surface area contributed by atoms with E-state index in [1.54, 1.807) is 18.0 Å². The first kappa shape index (κ1) is 20.0. The highest BCUT2D eigenvalue weighted by Crippen LogP contribution is 2.23. The lowest BCUT2D eigenvalue weighted by Crippen LogP contribution is -2.30. The number of anilines is 1. The number of amides is 1. The highest BCUT2D eigenvalue weighted by molar-refractivity contribution is 7.98. The molecule has 4 nitrogen and oxygen atoms in total. The molecule has 0 unspecified atom stereocenters. The molecule has 4 aromatic rings. The molecule has 0 saturated heterocycles. The molecule has 0 spiro atoms. The standard InChI is InChI=1S/C25H23N3OS/c1-27-17-16-26-25(27)30-19-21-12-14-22(15-13-21)24(29)28(23-10-6-3-7-11-23)18-20-8-4-2-5-9-20/h2-17H,18-19H2,1H3. The van der Waals surface area contributed by atoms with Gasteiger partial charge in [0.15, 0.2) is 5.16 Å². The number of carbonyl (C=O) groups is 1. The Kier molecular flexibility index (Phi) is 6.30. The van der Waals surface area contributed by atoms with Crippen LogP contribution in [0, 0.1) is 0 Å². The van der Waals surface area contributed by atoms with Gasteiger partial charge in [0.1, 0.15) is 0 Å². The zero-order chi connectivity index (χ0) is 20.8. The lowest BCUT2D eigenvalue weighted by Gasteiger charge is -2.23. The van der Waals surface area contributed by atoms with Gasteiger partial charge in [-0.2, -0.15) is 0 Å². The number of hydrogen-bond acceptors (Lipinski definition) is 3. The van der Waals surface area contributed by atoms with Crippen molar-refractivity contribution in [1.82, 2.24) is 9.55 Å². The van der Waals surface area contributed by atoms with Gasteiger partial charge in [0, 0.05) is 36.4 Å². The second kappa shape index (κ2) is 9.46. The van der Waals surface area contributed by atoms with Crippen molar-refractivity contribution >= 4 is 23.4 Å². The van der Waals surface area contributed by atoms with E-state index in [0.717, 1.165) is 27.7 Å². The summed E-state index contributed by atoms with van der Waals surface area (Å²) in [6.07, 6.45) is 3.74. The van der Waals surface area contributed by atoms with Crippen molar-refractivity contribution in [3.8, 4) is 0 Å². The van der Waals surface area contributed by atoms with Crippen molar-refractivity contribution < 1.29 is 4.79 Å². The summed E-state index contributed by atoms with van der Waals surface area (Å²) >= 11 is 1.68. The van der Waals surface area contributed by atoms with E-state index in [2.05, 4.69) is 4.98 Å². The van der Waals surface area contributed by atoms with Crippen LogP contribution in [0.4, 0.5) is 5.69 Å². The molecular formula is C25H23N3OS. The van der Waals surface area contributed by atoms with Crippen LogP contribution in [0.5, 0.6) is 0 Å². The molecule has 0 aliphatic carbocycles. The van der Waals surface area contributed by atoms with Gasteiger partial charge in [-0.1, -0.05) is 72.4 Å². The monoisotopic (exact) mass is 413 g/mol. The molecular weight excluding hydrogens is 390 g/mol. The molecule has 1 aromatic heterocycles. The Bertz CT molecular complexity index is 1090. The largest absolute Gasteiger partial charge is 0.329 e. The molecule has 0 aliphatic rings. The Morgan fingerprint density at radius 1 is 0.900 bits per heavy atom. The minimum absolute atomic E-state index is 0.00615. The molecule has 0 bridgehead atoms. The lowest BCUT2D eigenvalue weighted by atomic mass is 10.1. The molecule has 4 rings (SSSR count). The third kappa shape index (κ3) is 4.81. The fourth-order valence-corrected chi connectivity index (χ4v) is 4.08. The number of imidazole rings is 1. The van der Waals surface area contributed by atoms with Crippen LogP contribution in [0.1, 0.15) is 21.5 Å². The number of rotatable bonds is 7. The molecule has 5 heteroatoms. The fraction of sp³-hybridized carbons (Fsp3) is 0.120. The lowest BCUT2D eigenvalue weighted by molar-refractivity contribution is 0.0985. The molecule has 0 radical (unpaired) electrons. The van der Waals surface area contributed by atoms with E-state index < -0.39 is 0 Å². The van der Waals surface area contributed by atoms with E-state index in [9.17, 15) is 4.79 Å². The number of thioether (sulfide) groups is 1. The maximum atomic E-state index is 13.4. The molecule has 0 N–H and O–H groups in total. The van der Waals surface area contributed by atoms with Crippen LogP contribution in [0.15, 0.2) is 102 Å². The highest BCUT2D eigenvalue weighted by atomic mass is 32.2. The fourth-order valence-electron chi connectivity index (χ4n) is 3.19. The molecule has 0 saturated carbocycles. The number of aromatic nitrogens is 2. The number of hydrogen-bond donors (Lipinski definition) is 0. The molecule has 0 aliphatic heterocycles. The zero-order valence-corrected chi connectivity index (χ0v) is 17.6. The van der Waals surface area contributed by atoms with E-state index in [4.69, 9.17) is 0 Å². The third-order valence-corrected chi connectivity index (χ3v) is 5.97. The number of para-hydroxylation sites is 1. The van der Waals surface area contributed by atoms with Crippen molar-refractivity contribution in [3.63, 3.8) is 0 Å². The number of nitrogens with zero attached hydrogens (tertiary/aromatic N) is 3. The van der Waals surface area contributed by atoms with Gasteiger partial charge >= 0.3 is 0 Å². The van der Waals surface area contributed by atoms with E-state index >= 15 is 0 Å². The Balaban J connectivity index is 1.51. The average molecular weight is 414 g/mol. The maximum absolute atomic E-state index is 13.4. The van der Waals surface area contributed by atoms with Crippen molar-refractivity contribution in [2.45, 2.75) is 17.5 Å². The minimum Gasteiger partial charge on any atom is -0.329 e. The average Bonchev–Trinajstić information content (AvgIpc) is 3.22. The van der Waals surface area contributed by atoms with Gasteiger partial charge < -0.3 is 9.47 Å². The summed E-state index contributed by atoms with van der Waals surface area (Å²) in [6.45, 7) is 0.528. The van der Waals surface area contributed by atoms with Crippen molar-refractivity contribution in [2.75, 3.05) is 4.90 Å². The first-order chi connectivity index (χ1) is 14.7. The van der Waals surface area contributed by atoms with Crippen LogP contribution in [0.2, 0.25) is 0 Å². The van der Waals surface area contributed by atoms with Crippen molar-refractivity contribution in [3.05, 3.63) is 114 Å². The normalized spacial score (nSPS) is 10.7. The van der Waals surface area contributed by atoms with E-state index in [1.807, 2.05) is 108 Å². The van der Waals surface area contributed by atoms with Gasteiger partial charge in [0.25, 0.3) is 5.91 Å². The van der Waals surface area contributed by atoms with E-state index in [0.29, 0.717) is 12.1 Å². The first-order valence-electron chi connectivity index (χ1n) is 9.80. The Morgan fingerprint density at radius 2 is 1.57 bits per heavy atom. The summed E-state index contributed by atoms with van der Waals surface area (Å²) < 4.78 is 2.00. The Hall–Kier alpha value is -3.31. The van der Waals surface area contributed by atoms with Crippen LogP contribution >= 0.6 is 11.8 Å². The predicted octanol–water partition coefficient (Wildman–Crippen LogP) is 5.56. The Labute approximate surface area is 181 Å². The molecule has 150 valence electrons. The van der Waals surface area contributed by atoms with E-state index in [1.165, 1.54) is 0 Å². The summed E-state index contributed by atoms with van der Waals surface area (Å²) in [6, 6.07) is 27.8. The topological polar surface area (TPSA) is 38.1 Å². The van der Waals surface area contributed by atoms with Gasteiger partial charge in [-0.15, -0.1) is 0 Å². The van der Waals surface area contributed by atoms with Crippen molar-refractivity contribution in [1.29, 1.82) is 0 Å². The van der Waals surface area contributed by atoms with Crippen LogP contribution in [-0.4, -0.2) is 15.5 Å². The second-order valence-electron chi connectivity index (χ2n) is 7.02. The predicted molar refractivity (Wildman–Crippen MR) is 123 cm³/mol. The molecule has 0 fully saturated rings. The van der Waals surface area contributed by atoms with Gasteiger partial charge in [0.2, 0.25) is 0 Å². The quantitative estimate of drug-likeness (QED) is 0.372. The molecule has 3 aromatic carbocycles. The summed E-state index contributed by atoms with van der Waals surface area (Å²) in [5.74, 6) is 0.805. The van der Waals surface area contributed by atoms with Crippen LogP contribution in [-0.2, 0) is 19.3 Å². The molecule has 30 heavy (non-hydrogen) atoms. The van der Waals surface area contributed by atoms with E-state index in [-0.39, 0.29) is 5.91 Å². The van der Waals surface area contributed by atoms with Gasteiger partial charge in [0.05, 0.1) is 6.54 Å². The summed E-state index contributed by atoms with van der Waals surface area (Å²) in [5.41, 5.74) is 3.83. The summed E-state index contributed by atoms with van der Waals surface area (Å²) in [7, 11) is 1.99. The van der Waals surface area contributed by atoms with Crippen LogP contribution in [0.25, 0.3) is 0 Å². The minimum atomic E-state index is -0.00615. The smallest absolute Gasteiger partial charge is 0.258 e. The highest BCUT2D eigenvalue weighted by Gasteiger charge is 2.18. The SMILES string of the molecule is Cn1ccnc1SCc1ccc(C(=O)N(Cc2ccccc2)c2ccccc2)cc1. The zero-order valence-electron chi connectivity index (χ0n) is 16.8. The summed E-state index contributed by atoms with van der Waals surface area (Å²) in [4.78, 5) is 19.5. The van der Waals surface area contributed by atoms with Gasteiger partial charge in [-0.05, 0) is 35.4 Å². The molecule has 0 atom stereocenters. The summed E-state index contributed by atoms with van der Waals surface area (Å²) in [5, 5.41) is 0.980. The maximum Gasteiger partial charge on any atom is 0.258 e. The van der Waals surface area contributed by atoms with Gasteiger partial charge in [-0.3, -0.25) is 4.79 Å². The van der Waals surface area contributed by atoms with Gasteiger partial charge in [-0.25, -0.2) is 4.98 Å². The van der Waals surface area contributed by atoms with Crippen LogP contribution < -0.4 is 4.90 Å². The molecule has 1 amide bonds. The van der Waals surface area contributed by atoms with Crippen molar-refractivity contribution in [2.24, 2.45) is 7.05 Å². The van der Waals surface area contributed by atoms with Crippen LogP contribution in [0.3, 0.4) is 0 Å². The second-order valence-corrected chi connectivity index (χ2v) is 7.96.